The predicted octanol–water partition coefficient (Wildman–Crippen LogP) is 4.35. The molecular weight excluding hydrogens is 326 g/mol. The van der Waals surface area contributed by atoms with Crippen LogP contribution in [0.3, 0.4) is 0 Å². The van der Waals surface area contributed by atoms with E-state index < -0.39 is 5.97 Å². The summed E-state index contributed by atoms with van der Waals surface area (Å²) < 4.78 is 10.5. The Balaban J connectivity index is 2.20. The van der Waals surface area contributed by atoms with E-state index in [1.54, 1.807) is 19.1 Å². The molecule has 128 valence electrons. The average Bonchev–Trinajstić information content (AvgIpc) is 3.08. The van der Waals surface area contributed by atoms with Crippen molar-refractivity contribution < 1.29 is 18.7 Å². The average molecular weight is 347 g/mol. The van der Waals surface area contributed by atoms with Gasteiger partial charge in [-0.15, -0.1) is 11.3 Å². The molecule has 2 aromatic heterocycles. The first-order chi connectivity index (χ1) is 11.5. The number of hydrogen-bond acceptors (Lipinski definition) is 5. The minimum atomic E-state index is -0.403. The zero-order valence-corrected chi connectivity index (χ0v) is 15.1. The van der Waals surface area contributed by atoms with Crippen LogP contribution in [0.15, 0.2) is 22.6 Å². The van der Waals surface area contributed by atoms with Gasteiger partial charge in [0.1, 0.15) is 16.5 Å². The maximum atomic E-state index is 12.2. The van der Waals surface area contributed by atoms with E-state index >= 15 is 0 Å². The molecule has 0 aliphatic heterocycles. The number of amides is 1. The van der Waals surface area contributed by atoms with E-state index in [0.717, 1.165) is 16.2 Å². The Kier molecular flexibility index (Phi) is 5.98. The van der Waals surface area contributed by atoms with Crippen LogP contribution >= 0.6 is 11.3 Å². The molecule has 0 atom stereocenters. The fraction of sp³-hybridized carbons (Fsp3) is 0.333. The largest absolute Gasteiger partial charge is 0.462 e. The molecule has 5 nitrogen and oxygen atoms in total. The molecule has 2 aromatic rings. The molecule has 0 unspecified atom stereocenters. The highest BCUT2D eigenvalue weighted by atomic mass is 32.1. The van der Waals surface area contributed by atoms with Crippen LogP contribution in [0.4, 0.5) is 5.00 Å². The maximum Gasteiger partial charge on any atom is 0.341 e. The maximum absolute atomic E-state index is 12.2. The van der Waals surface area contributed by atoms with Gasteiger partial charge in [-0.1, -0.05) is 6.92 Å². The summed E-state index contributed by atoms with van der Waals surface area (Å²) in [6.07, 6.45) is 3.68. The molecule has 0 aliphatic carbocycles. The van der Waals surface area contributed by atoms with Gasteiger partial charge in [-0.25, -0.2) is 4.79 Å². The van der Waals surface area contributed by atoms with Crippen molar-refractivity contribution >= 4 is 34.3 Å². The van der Waals surface area contributed by atoms with E-state index in [1.807, 2.05) is 26.8 Å². The van der Waals surface area contributed by atoms with Crippen LogP contribution in [0.5, 0.6) is 0 Å². The van der Waals surface area contributed by atoms with E-state index in [9.17, 15) is 9.59 Å². The smallest absolute Gasteiger partial charge is 0.341 e. The Labute approximate surface area is 145 Å². The number of carbonyl (C=O) groups excluding carboxylic acids is 2. The van der Waals surface area contributed by atoms with Crippen molar-refractivity contribution in [2.45, 2.75) is 34.1 Å². The van der Waals surface area contributed by atoms with Gasteiger partial charge in [0.05, 0.1) is 12.2 Å². The summed E-state index contributed by atoms with van der Waals surface area (Å²) in [6.45, 7) is 7.80. The highest BCUT2D eigenvalue weighted by molar-refractivity contribution is 7.16. The molecule has 0 aromatic carbocycles. The number of thiophene rings is 1. The summed E-state index contributed by atoms with van der Waals surface area (Å²) in [5.41, 5.74) is 1.37. The van der Waals surface area contributed by atoms with Gasteiger partial charge in [0.15, 0.2) is 0 Å². The lowest BCUT2D eigenvalue weighted by molar-refractivity contribution is -0.111. The molecular formula is C18H21NO4S. The molecule has 0 fully saturated rings. The quantitative estimate of drug-likeness (QED) is 0.623. The lowest BCUT2D eigenvalue weighted by atomic mass is 10.1. The van der Waals surface area contributed by atoms with Gasteiger partial charge < -0.3 is 14.5 Å². The normalized spacial score (nSPS) is 11.0. The number of carbonyl (C=O) groups is 2. The number of esters is 1. The van der Waals surface area contributed by atoms with Crippen LogP contribution in [-0.2, 0) is 16.0 Å². The zero-order chi connectivity index (χ0) is 17.7. The molecule has 2 heterocycles. The van der Waals surface area contributed by atoms with Gasteiger partial charge >= 0.3 is 5.97 Å². The van der Waals surface area contributed by atoms with Gasteiger partial charge in [-0.3, -0.25) is 4.79 Å². The topological polar surface area (TPSA) is 68.5 Å². The highest BCUT2D eigenvalue weighted by Crippen LogP contribution is 2.34. The van der Waals surface area contributed by atoms with Crippen molar-refractivity contribution in [1.29, 1.82) is 0 Å². The van der Waals surface area contributed by atoms with Gasteiger partial charge in [0.25, 0.3) is 0 Å². The first-order valence-corrected chi connectivity index (χ1v) is 8.62. The van der Waals surface area contributed by atoms with E-state index in [4.69, 9.17) is 9.15 Å². The lowest BCUT2D eigenvalue weighted by Gasteiger charge is -2.06. The predicted molar refractivity (Wildman–Crippen MR) is 95.5 cm³/mol. The number of rotatable bonds is 6. The number of hydrogen-bond donors (Lipinski definition) is 1. The van der Waals surface area contributed by atoms with E-state index in [-0.39, 0.29) is 5.91 Å². The summed E-state index contributed by atoms with van der Waals surface area (Å²) >= 11 is 1.38. The number of aryl methyl sites for hydroxylation is 2. The fourth-order valence-electron chi connectivity index (χ4n) is 2.37. The number of anilines is 1. The summed E-state index contributed by atoms with van der Waals surface area (Å²) in [5, 5.41) is 3.29. The Hall–Kier alpha value is -2.34. The van der Waals surface area contributed by atoms with Gasteiger partial charge in [-0.2, -0.15) is 0 Å². The molecule has 0 bridgehead atoms. The Morgan fingerprint density at radius 3 is 2.62 bits per heavy atom. The van der Waals surface area contributed by atoms with Crippen molar-refractivity contribution in [2.75, 3.05) is 11.9 Å². The second-order valence-corrected chi connectivity index (χ2v) is 6.41. The molecule has 0 radical (unpaired) electrons. The van der Waals surface area contributed by atoms with Gasteiger partial charge in [0, 0.05) is 11.0 Å². The molecule has 2 rings (SSSR count). The van der Waals surface area contributed by atoms with Crippen LogP contribution in [0.25, 0.3) is 6.08 Å². The molecule has 1 N–H and O–H groups in total. The Morgan fingerprint density at radius 1 is 1.29 bits per heavy atom. The lowest BCUT2D eigenvalue weighted by Crippen LogP contribution is -2.13. The SMILES string of the molecule is CCOC(=O)c1c(NC(=O)C=Cc2ccc(C)o2)sc(C)c1CC. The van der Waals surface area contributed by atoms with Crippen molar-refractivity contribution in [3.05, 3.63) is 45.7 Å². The van der Waals surface area contributed by atoms with Gasteiger partial charge in [-0.05, 0) is 51.0 Å². The molecule has 6 heteroatoms. The summed E-state index contributed by atoms with van der Waals surface area (Å²) in [7, 11) is 0. The van der Waals surface area contributed by atoms with Crippen LogP contribution in [0.2, 0.25) is 0 Å². The number of furan rings is 1. The first-order valence-electron chi connectivity index (χ1n) is 7.81. The number of nitrogens with one attached hydrogen (secondary N) is 1. The third-order valence-electron chi connectivity index (χ3n) is 3.44. The van der Waals surface area contributed by atoms with E-state index in [1.165, 1.54) is 17.4 Å². The minimum Gasteiger partial charge on any atom is -0.462 e. The second-order valence-electron chi connectivity index (χ2n) is 5.19. The highest BCUT2D eigenvalue weighted by Gasteiger charge is 2.22. The zero-order valence-electron chi connectivity index (χ0n) is 14.3. The second kappa shape index (κ2) is 7.97. The van der Waals surface area contributed by atoms with Crippen LogP contribution in [-0.4, -0.2) is 18.5 Å². The van der Waals surface area contributed by atoms with Gasteiger partial charge in [0.2, 0.25) is 5.91 Å². The van der Waals surface area contributed by atoms with Crippen LogP contribution in [0, 0.1) is 13.8 Å². The Bertz CT molecular complexity index is 770. The van der Waals surface area contributed by atoms with Crippen molar-refractivity contribution in [2.24, 2.45) is 0 Å². The first kappa shape index (κ1) is 18.0. The molecule has 1 amide bonds. The molecule has 0 spiro atoms. The van der Waals surface area contributed by atoms with Crippen LogP contribution < -0.4 is 5.32 Å². The standard InChI is InChI=1S/C18H21NO4S/c1-5-14-12(4)24-17(16(14)18(21)22-6-2)19-15(20)10-9-13-8-7-11(3)23-13/h7-10H,5-6H2,1-4H3,(H,19,20). The fourth-order valence-corrected chi connectivity index (χ4v) is 3.50. The third-order valence-corrected chi connectivity index (χ3v) is 4.50. The third kappa shape index (κ3) is 4.14. The molecule has 0 saturated carbocycles. The monoisotopic (exact) mass is 347 g/mol. The summed E-state index contributed by atoms with van der Waals surface area (Å²) in [6, 6.07) is 3.61. The van der Waals surface area contributed by atoms with Crippen molar-refractivity contribution in [3.8, 4) is 0 Å². The number of ether oxygens (including phenoxy) is 1. The summed E-state index contributed by atoms with van der Waals surface area (Å²) in [4.78, 5) is 25.4. The molecule has 0 saturated heterocycles. The summed E-state index contributed by atoms with van der Waals surface area (Å²) in [5.74, 6) is 0.657. The van der Waals surface area contributed by atoms with Crippen molar-refractivity contribution in [3.63, 3.8) is 0 Å². The molecule has 24 heavy (non-hydrogen) atoms. The van der Waals surface area contributed by atoms with E-state index in [2.05, 4.69) is 5.32 Å². The van der Waals surface area contributed by atoms with E-state index in [0.29, 0.717) is 29.4 Å². The van der Waals surface area contributed by atoms with Crippen molar-refractivity contribution in [1.82, 2.24) is 0 Å². The Morgan fingerprint density at radius 2 is 2.04 bits per heavy atom. The molecule has 0 aliphatic rings. The minimum absolute atomic E-state index is 0.294. The van der Waals surface area contributed by atoms with Crippen LogP contribution in [0.1, 0.15) is 46.2 Å².